The summed E-state index contributed by atoms with van der Waals surface area (Å²) < 4.78 is 8.44. The molecule has 2 aliphatic heterocycles. The molecule has 2 aromatic rings. The van der Waals surface area contributed by atoms with Crippen molar-refractivity contribution in [2.45, 2.75) is 83.2 Å². The highest BCUT2D eigenvalue weighted by atomic mass is 16.5. The zero-order chi connectivity index (χ0) is 17.7. The Morgan fingerprint density at radius 1 is 1.08 bits per heavy atom. The minimum Gasteiger partial charge on any atom is -0.375 e. The molecule has 0 spiro atoms. The normalized spacial score (nSPS) is 30.2. The fraction of sp³-hybridized carbons (Fsp3) is 0.682. The lowest BCUT2D eigenvalue weighted by Crippen LogP contribution is -2.47. The molecule has 2 bridgehead atoms. The molecule has 3 fully saturated rings. The third-order valence-electron chi connectivity index (χ3n) is 6.55. The summed E-state index contributed by atoms with van der Waals surface area (Å²) >= 11 is 0. The summed E-state index contributed by atoms with van der Waals surface area (Å²) in [7, 11) is 0. The third-order valence-corrected chi connectivity index (χ3v) is 6.55. The van der Waals surface area contributed by atoms with Crippen LogP contribution in [0.4, 0.5) is 0 Å². The predicted molar refractivity (Wildman–Crippen MR) is 104 cm³/mol. The Balaban J connectivity index is 1.22. The Morgan fingerprint density at radius 3 is 2.58 bits per heavy atom. The van der Waals surface area contributed by atoms with Crippen LogP contribution in [0.2, 0.25) is 0 Å². The summed E-state index contributed by atoms with van der Waals surface area (Å²) in [6.07, 6.45) is 11.0. The number of benzene rings is 1. The average Bonchev–Trinajstić information content (AvgIpc) is 3.30. The molecule has 1 aromatic carbocycles. The molecule has 5 rings (SSSR count). The monoisotopic (exact) mass is 353 g/mol. The zero-order valence-corrected chi connectivity index (χ0v) is 16.1. The van der Waals surface area contributed by atoms with Gasteiger partial charge in [-0.05, 0) is 63.5 Å². The Morgan fingerprint density at radius 2 is 1.85 bits per heavy atom. The van der Waals surface area contributed by atoms with Gasteiger partial charge in [-0.2, -0.15) is 5.10 Å². The molecule has 1 aromatic heterocycles. The lowest BCUT2D eigenvalue weighted by Gasteiger charge is -2.40. The lowest BCUT2D eigenvalue weighted by molar-refractivity contribution is -0.0319. The predicted octanol–water partition coefficient (Wildman–Crippen LogP) is 4.16. The Kier molecular flexibility index (Phi) is 4.29. The van der Waals surface area contributed by atoms with E-state index in [0.29, 0.717) is 18.1 Å². The van der Waals surface area contributed by atoms with Gasteiger partial charge in [0.05, 0.1) is 23.9 Å². The number of nitrogens with zero attached hydrogens (tertiary/aromatic N) is 3. The van der Waals surface area contributed by atoms with E-state index < -0.39 is 0 Å². The number of aromatic nitrogens is 2. The summed E-state index contributed by atoms with van der Waals surface area (Å²) in [6, 6.07) is 8.13. The molecule has 0 unspecified atom stereocenters. The van der Waals surface area contributed by atoms with Crippen molar-refractivity contribution in [1.82, 2.24) is 14.7 Å². The summed E-state index contributed by atoms with van der Waals surface area (Å²) in [6.45, 7) is 6.73. The molecular weight excluding hydrogens is 322 g/mol. The molecule has 2 saturated heterocycles. The largest absolute Gasteiger partial charge is 0.375 e. The second-order valence-corrected chi connectivity index (χ2v) is 9.00. The van der Waals surface area contributed by atoms with E-state index in [2.05, 4.69) is 46.7 Å². The van der Waals surface area contributed by atoms with E-state index in [9.17, 15) is 0 Å². The minimum absolute atomic E-state index is 0.532. The van der Waals surface area contributed by atoms with Crippen LogP contribution in [-0.4, -0.2) is 45.5 Å². The van der Waals surface area contributed by atoms with Gasteiger partial charge in [-0.3, -0.25) is 9.58 Å². The third kappa shape index (κ3) is 3.29. The number of fused-ring (bicyclic) bond motifs is 3. The van der Waals surface area contributed by atoms with E-state index >= 15 is 0 Å². The maximum Gasteiger partial charge on any atom is 0.0682 e. The summed E-state index contributed by atoms with van der Waals surface area (Å²) in [5, 5.41) is 5.91. The molecule has 0 amide bonds. The molecule has 4 heteroatoms. The molecule has 1 saturated carbocycles. The molecule has 4 nitrogen and oxygen atoms in total. The second-order valence-electron chi connectivity index (χ2n) is 9.00. The number of hydrogen-bond donors (Lipinski definition) is 0. The summed E-state index contributed by atoms with van der Waals surface area (Å²) in [4.78, 5) is 2.80. The first-order chi connectivity index (χ1) is 12.7. The topological polar surface area (TPSA) is 30.3 Å². The molecule has 3 heterocycles. The minimum atomic E-state index is 0.532. The van der Waals surface area contributed by atoms with E-state index in [0.717, 1.165) is 18.6 Å². The van der Waals surface area contributed by atoms with Gasteiger partial charge in [0.1, 0.15) is 0 Å². The van der Waals surface area contributed by atoms with Crippen molar-refractivity contribution in [2.24, 2.45) is 5.92 Å². The van der Waals surface area contributed by atoms with Crippen LogP contribution >= 0.6 is 0 Å². The van der Waals surface area contributed by atoms with Gasteiger partial charge in [0.25, 0.3) is 0 Å². The Labute approximate surface area is 156 Å². The van der Waals surface area contributed by atoms with Gasteiger partial charge in [-0.25, -0.2) is 0 Å². The van der Waals surface area contributed by atoms with Gasteiger partial charge >= 0.3 is 0 Å². The highest BCUT2D eigenvalue weighted by molar-refractivity contribution is 5.79. The van der Waals surface area contributed by atoms with Crippen LogP contribution in [0, 0.1) is 12.8 Å². The highest BCUT2D eigenvalue weighted by Gasteiger charge is 2.42. The number of aryl methyl sites for hydroxylation is 1. The fourth-order valence-corrected chi connectivity index (χ4v) is 5.17. The molecule has 140 valence electrons. The van der Waals surface area contributed by atoms with Crippen LogP contribution in [0.15, 0.2) is 24.4 Å². The molecule has 1 aliphatic carbocycles. The van der Waals surface area contributed by atoms with Gasteiger partial charge in [0.2, 0.25) is 0 Å². The number of hydrogen-bond acceptors (Lipinski definition) is 3. The van der Waals surface area contributed by atoms with E-state index in [1.54, 1.807) is 0 Å². The maximum absolute atomic E-state index is 6.24. The molecule has 0 N–H and O–H groups in total. The van der Waals surface area contributed by atoms with Crippen molar-refractivity contribution >= 4 is 10.9 Å². The lowest BCUT2D eigenvalue weighted by atomic mass is 9.98. The first kappa shape index (κ1) is 16.8. The van der Waals surface area contributed by atoms with Crippen LogP contribution in [0.25, 0.3) is 10.9 Å². The van der Waals surface area contributed by atoms with Crippen molar-refractivity contribution in [1.29, 1.82) is 0 Å². The Bertz CT molecular complexity index is 767. The van der Waals surface area contributed by atoms with Gasteiger partial charge in [-0.15, -0.1) is 0 Å². The van der Waals surface area contributed by atoms with Crippen LogP contribution < -0.4 is 0 Å². The maximum atomic E-state index is 6.24. The van der Waals surface area contributed by atoms with Gasteiger partial charge < -0.3 is 4.74 Å². The van der Waals surface area contributed by atoms with Gasteiger partial charge in [-0.1, -0.05) is 18.6 Å². The van der Waals surface area contributed by atoms with Gasteiger partial charge in [0, 0.05) is 30.6 Å². The summed E-state index contributed by atoms with van der Waals surface area (Å²) in [5.41, 5.74) is 2.57. The molecule has 3 atom stereocenters. The van der Waals surface area contributed by atoms with Crippen molar-refractivity contribution < 1.29 is 4.74 Å². The summed E-state index contributed by atoms with van der Waals surface area (Å²) in [5.74, 6) is 0.614. The molecular formula is C22H31N3O. The Hall–Kier alpha value is -1.39. The molecule has 0 radical (unpaired) electrons. The highest BCUT2D eigenvalue weighted by Crippen LogP contribution is 2.39. The van der Waals surface area contributed by atoms with Gasteiger partial charge in [0.15, 0.2) is 0 Å². The standard InChI is InChI=1S/C22H31N3O/c1-15-3-8-22-17(9-15)12-23-25(22)14-16(2)13-24-18-4-5-19(24)11-21(10-18)26-20-6-7-20/h3,8-9,12,16,18-21H,4-7,10-11,13-14H2,1-2H3/t16-,18+,19+/m1/s1. The smallest absolute Gasteiger partial charge is 0.0682 e. The van der Waals surface area contributed by atoms with Crippen molar-refractivity contribution in [3.63, 3.8) is 0 Å². The number of piperidine rings is 1. The average molecular weight is 354 g/mol. The van der Waals surface area contributed by atoms with E-state index in [1.165, 1.54) is 61.5 Å². The first-order valence-electron chi connectivity index (χ1n) is 10.5. The first-order valence-corrected chi connectivity index (χ1v) is 10.5. The van der Waals surface area contributed by atoms with Crippen molar-refractivity contribution in [3.05, 3.63) is 30.0 Å². The van der Waals surface area contributed by atoms with Crippen LogP contribution in [0.5, 0.6) is 0 Å². The van der Waals surface area contributed by atoms with E-state index in [4.69, 9.17) is 4.74 Å². The van der Waals surface area contributed by atoms with Crippen LogP contribution in [0.1, 0.15) is 51.0 Å². The zero-order valence-electron chi connectivity index (χ0n) is 16.1. The van der Waals surface area contributed by atoms with Crippen molar-refractivity contribution in [3.8, 4) is 0 Å². The molecule has 3 aliphatic rings. The van der Waals surface area contributed by atoms with Crippen LogP contribution in [-0.2, 0) is 11.3 Å². The van der Waals surface area contributed by atoms with Crippen molar-refractivity contribution in [2.75, 3.05) is 6.54 Å². The number of ether oxygens (including phenoxy) is 1. The molecule has 26 heavy (non-hydrogen) atoms. The quantitative estimate of drug-likeness (QED) is 0.781. The number of rotatable bonds is 6. The fourth-order valence-electron chi connectivity index (χ4n) is 5.17. The van der Waals surface area contributed by atoms with Crippen LogP contribution in [0.3, 0.4) is 0 Å². The second kappa shape index (κ2) is 6.65. The van der Waals surface area contributed by atoms with E-state index in [-0.39, 0.29) is 0 Å². The van der Waals surface area contributed by atoms with E-state index in [1.807, 2.05) is 6.20 Å². The SMILES string of the molecule is Cc1ccc2c(cnn2C[C@H](C)CN2[C@H]3CC[C@H]2CC(OC2CC2)C3)c1.